The Labute approximate surface area is 121 Å². The Hall–Kier alpha value is -0.680. The minimum absolute atomic E-state index is 0. The lowest BCUT2D eigenvalue weighted by atomic mass is 10.2. The van der Waals surface area contributed by atoms with Gasteiger partial charge in [0.15, 0.2) is 6.16 Å². The molecule has 1 aromatic heterocycles. The number of hydrogen-bond donors (Lipinski definition) is 1. The third kappa shape index (κ3) is 8.94. The van der Waals surface area contributed by atoms with Crippen LogP contribution in [0, 0.1) is 6.92 Å². The van der Waals surface area contributed by atoms with Crippen molar-refractivity contribution in [1.82, 2.24) is 9.97 Å². The van der Waals surface area contributed by atoms with Gasteiger partial charge in [0.1, 0.15) is 5.82 Å². The van der Waals surface area contributed by atoms with Gasteiger partial charge in [-0.2, -0.15) is 4.98 Å². The van der Waals surface area contributed by atoms with E-state index in [1.54, 1.807) is 6.92 Å². The van der Waals surface area contributed by atoms with Crippen molar-refractivity contribution >= 4 is 18.7 Å². The maximum absolute atomic E-state index is 7.57. The Morgan fingerprint density at radius 2 is 1.89 bits per heavy atom. The van der Waals surface area contributed by atoms with Crippen molar-refractivity contribution in [1.29, 1.82) is 0 Å². The van der Waals surface area contributed by atoms with E-state index in [4.69, 9.17) is 21.4 Å². The summed E-state index contributed by atoms with van der Waals surface area (Å²) in [5.41, 5.74) is 0.929. The summed E-state index contributed by atoms with van der Waals surface area (Å²) < 4.78 is 5.56. The Bertz CT molecular complexity index is 389. The number of aryl methyl sites for hydroxylation is 1. The van der Waals surface area contributed by atoms with E-state index in [1.807, 2.05) is 19.9 Å². The highest BCUT2D eigenvalue weighted by atomic mass is 32.4. The fourth-order valence-corrected chi connectivity index (χ4v) is 1.70. The van der Waals surface area contributed by atoms with Crippen LogP contribution < -0.4 is 4.52 Å². The van der Waals surface area contributed by atoms with Gasteiger partial charge in [-0.05, 0) is 20.8 Å². The number of rotatable bonds is 4. The van der Waals surface area contributed by atoms with Crippen LogP contribution >= 0.6 is 6.92 Å². The molecule has 1 heterocycles. The van der Waals surface area contributed by atoms with E-state index < -0.39 is 6.92 Å². The smallest absolute Gasteiger partial charge is 0.389 e. The molecule has 1 unspecified atom stereocenters. The molecular formula is C12H24N2O3PS+. The second-order valence-corrected chi connectivity index (χ2v) is 6.62. The van der Waals surface area contributed by atoms with Crippen molar-refractivity contribution in [3.05, 3.63) is 17.6 Å². The topological polar surface area (TPSA) is 86.7 Å². The van der Waals surface area contributed by atoms with Crippen LogP contribution in [0.15, 0.2) is 6.07 Å². The van der Waals surface area contributed by atoms with Crippen LogP contribution in [-0.2, 0) is 11.8 Å². The summed E-state index contributed by atoms with van der Waals surface area (Å²) in [4.78, 5) is 8.69. The minimum atomic E-state index is -0.806. The highest BCUT2D eigenvalue weighted by molar-refractivity contribution is 8.03. The van der Waals surface area contributed by atoms with Crippen molar-refractivity contribution in [3.63, 3.8) is 0 Å². The molecule has 110 valence electrons. The molecule has 19 heavy (non-hydrogen) atoms. The number of nitrogens with zero attached hydrogens (tertiary/aromatic N) is 2. The second-order valence-electron chi connectivity index (χ2n) is 3.92. The number of aliphatic hydroxyl groups is 1. The maximum Gasteiger partial charge on any atom is 0.389 e. The monoisotopic (exact) mass is 307 g/mol. The van der Waals surface area contributed by atoms with Gasteiger partial charge in [-0.3, -0.25) is 4.52 Å². The van der Waals surface area contributed by atoms with Gasteiger partial charge in [-0.15, -0.1) is 0 Å². The quantitative estimate of drug-likeness (QED) is 0.863. The molecule has 0 fully saturated rings. The van der Waals surface area contributed by atoms with Crippen molar-refractivity contribution < 1.29 is 15.1 Å². The van der Waals surface area contributed by atoms with Crippen molar-refractivity contribution in [3.8, 4) is 5.88 Å². The Morgan fingerprint density at radius 3 is 2.32 bits per heavy atom. The number of hydrogen-bond acceptors (Lipinski definition) is 5. The highest BCUT2D eigenvalue weighted by Crippen LogP contribution is 2.26. The lowest BCUT2D eigenvalue weighted by molar-refractivity contribution is 0.318. The predicted octanol–water partition coefficient (Wildman–Crippen LogP) is 2.34. The van der Waals surface area contributed by atoms with Crippen LogP contribution in [0.2, 0.25) is 0 Å². The zero-order valence-electron chi connectivity index (χ0n) is 12.2. The summed E-state index contributed by atoms with van der Waals surface area (Å²) in [5.74, 6) is 1.75. The van der Waals surface area contributed by atoms with Gasteiger partial charge < -0.3 is 10.6 Å². The first-order valence-corrected chi connectivity index (χ1v) is 8.49. The van der Waals surface area contributed by atoms with E-state index in [-0.39, 0.29) is 12.1 Å². The first-order valence-electron chi connectivity index (χ1n) is 6.03. The Balaban J connectivity index is 0. The SMILES string of the molecule is CCO.CC[P+](=S)Oc1cc(C)nc(C(C)C)n1.O. The summed E-state index contributed by atoms with van der Waals surface area (Å²) in [6, 6.07) is 1.84. The Morgan fingerprint density at radius 1 is 1.37 bits per heavy atom. The summed E-state index contributed by atoms with van der Waals surface area (Å²) in [5, 5.41) is 7.57. The van der Waals surface area contributed by atoms with Crippen LogP contribution in [0.3, 0.4) is 0 Å². The second kappa shape index (κ2) is 11.2. The third-order valence-electron chi connectivity index (χ3n) is 1.82. The predicted molar refractivity (Wildman–Crippen MR) is 82.7 cm³/mol. The van der Waals surface area contributed by atoms with Gasteiger partial charge in [0.05, 0.1) is 0 Å². The molecule has 0 aliphatic carbocycles. The largest absolute Gasteiger partial charge is 0.412 e. The van der Waals surface area contributed by atoms with E-state index in [0.717, 1.165) is 17.7 Å². The van der Waals surface area contributed by atoms with E-state index in [0.29, 0.717) is 11.8 Å². The lowest BCUT2D eigenvalue weighted by Crippen LogP contribution is -2.00. The van der Waals surface area contributed by atoms with Crippen molar-refractivity contribution in [2.75, 3.05) is 12.8 Å². The normalized spacial score (nSPS) is 10.2. The standard InChI is InChI=1S/C10H16N2OPS.C2H6O.H2O/c1-5-14(15)13-9-6-8(4)11-10(12-9)7(2)3;1-2-3;/h6-7H,5H2,1-4H3;3H,2H2,1H3;1H2/q+1;;. The average Bonchev–Trinajstić information content (AvgIpc) is 2.29. The van der Waals surface area contributed by atoms with Crippen LogP contribution in [0.1, 0.15) is 45.1 Å². The van der Waals surface area contributed by atoms with Crippen molar-refractivity contribution in [2.45, 2.75) is 40.5 Å². The molecule has 0 radical (unpaired) electrons. The molecule has 0 aliphatic heterocycles. The van der Waals surface area contributed by atoms with E-state index in [1.165, 1.54) is 0 Å². The molecule has 0 aromatic carbocycles. The molecule has 0 spiro atoms. The lowest BCUT2D eigenvalue weighted by Gasteiger charge is -2.04. The van der Waals surface area contributed by atoms with E-state index >= 15 is 0 Å². The van der Waals surface area contributed by atoms with Gasteiger partial charge >= 0.3 is 6.92 Å². The first kappa shape index (κ1) is 20.6. The van der Waals surface area contributed by atoms with Gasteiger partial charge in [-0.25, -0.2) is 4.98 Å². The summed E-state index contributed by atoms with van der Waals surface area (Å²) >= 11 is 5.16. The average molecular weight is 307 g/mol. The van der Waals surface area contributed by atoms with E-state index in [9.17, 15) is 0 Å². The van der Waals surface area contributed by atoms with Gasteiger partial charge in [-0.1, -0.05) is 13.8 Å². The number of aromatic nitrogens is 2. The van der Waals surface area contributed by atoms with E-state index in [2.05, 4.69) is 23.8 Å². The molecule has 1 aromatic rings. The molecular weight excluding hydrogens is 283 g/mol. The van der Waals surface area contributed by atoms with Crippen LogP contribution in [-0.4, -0.2) is 33.3 Å². The Kier molecular flexibility index (Phi) is 12.1. The molecule has 0 aliphatic rings. The summed E-state index contributed by atoms with van der Waals surface area (Å²) in [6.07, 6.45) is 0.866. The summed E-state index contributed by atoms with van der Waals surface area (Å²) in [7, 11) is 0. The van der Waals surface area contributed by atoms with Gasteiger partial charge in [0.2, 0.25) is 11.8 Å². The molecule has 5 nitrogen and oxygen atoms in total. The fourth-order valence-electron chi connectivity index (χ4n) is 1.04. The molecule has 0 bridgehead atoms. The maximum atomic E-state index is 7.57. The minimum Gasteiger partial charge on any atom is -0.412 e. The van der Waals surface area contributed by atoms with Gasteiger partial charge in [0, 0.05) is 24.3 Å². The van der Waals surface area contributed by atoms with Crippen LogP contribution in [0.5, 0.6) is 5.88 Å². The molecule has 0 amide bonds. The summed E-state index contributed by atoms with van der Waals surface area (Å²) in [6.45, 7) is 9.22. The molecule has 0 saturated carbocycles. The molecule has 0 saturated heterocycles. The fraction of sp³-hybridized carbons (Fsp3) is 0.667. The molecule has 1 rings (SSSR count). The molecule has 3 N–H and O–H groups in total. The highest BCUT2D eigenvalue weighted by Gasteiger charge is 2.14. The van der Waals surface area contributed by atoms with Crippen LogP contribution in [0.25, 0.3) is 0 Å². The van der Waals surface area contributed by atoms with Crippen LogP contribution in [0.4, 0.5) is 0 Å². The number of aliphatic hydroxyl groups excluding tert-OH is 1. The first-order chi connectivity index (χ1) is 8.44. The molecule has 7 heteroatoms. The zero-order valence-corrected chi connectivity index (χ0v) is 13.9. The zero-order chi connectivity index (χ0) is 14.1. The third-order valence-corrected chi connectivity index (χ3v) is 3.72. The van der Waals surface area contributed by atoms with Gasteiger partial charge in [0.25, 0.3) is 5.88 Å². The molecule has 1 atom stereocenters. The van der Waals surface area contributed by atoms with Crippen molar-refractivity contribution in [2.24, 2.45) is 0 Å².